The van der Waals surface area contributed by atoms with Gasteiger partial charge in [0.25, 0.3) is 15.9 Å². The molecule has 0 aliphatic carbocycles. The molecule has 2 aromatic heterocycles. The van der Waals surface area contributed by atoms with Gasteiger partial charge in [0, 0.05) is 34.7 Å². The Bertz CT molecular complexity index is 1650. The van der Waals surface area contributed by atoms with Crippen LogP contribution in [0.5, 0.6) is 0 Å². The minimum atomic E-state index is -3.71. The summed E-state index contributed by atoms with van der Waals surface area (Å²) in [5.41, 5.74) is 4.61. The van der Waals surface area contributed by atoms with Gasteiger partial charge in [-0.05, 0) is 67.6 Å². The predicted molar refractivity (Wildman–Crippen MR) is 141 cm³/mol. The molecule has 0 radical (unpaired) electrons. The Morgan fingerprint density at radius 1 is 0.806 bits per heavy atom. The van der Waals surface area contributed by atoms with Crippen LogP contribution in [-0.2, 0) is 10.0 Å². The fourth-order valence-electron chi connectivity index (χ4n) is 3.79. The number of nitrogens with zero attached hydrogens (tertiary/aromatic N) is 2. The number of carbonyl (C=O) groups is 1. The Labute approximate surface area is 208 Å². The third kappa shape index (κ3) is 4.94. The molecule has 2 heterocycles. The normalized spacial score (nSPS) is 11.2. The van der Waals surface area contributed by atoms with E-state index in [1.54, 1.807) is 67.0 Å². The van der Waals surface area contributed by atoms with E-state index in [1.165, 1.54) is 0 Å². The molecular formula is C28H22N4O3S. The maximum atomic E-state index is 13.3. The molecule has 0 aliphatic heterocycles. The molecule has 8 heteroatoms. The van der Waals surface area contributed by atoms with E-state index in [1.807, 2.05) is 43.3 Å². The number of benzene rings is 3. The molecule has 2 N–H and O–H groups in total. The van der Waals surface area contributed by atoms with Gasteiger partial charge in [0.2, 0.25) is 0 Å². The van der Waals surface area contributed by atoms with Gasteiger partial charge in [0.15, 0.2) is 0 Å². The number of anilines is 2. The van der Waals surface area contributed by atoms with Crippen LogP contribution in [0.1, 0.15) is 15.9 Å². The van der Waals surface area contributed by atoms with Crippen LogP contribution in [0.4, 0.5) is 11.4 Å². The van der Waals surface area contributed by atoms with Crippen LogP contribution in [0.3, 0.4) is 0 Å². The summed E-state index contributed by atoms with van der Waals surface area (Å²) in [5.74, 6) is -0.295. The molecule has 0 unspecified atom stereocenters. The minimum Gasteiger partial charge on any atom is -0.322 e. The molecule has 0 aliphatic rings. The summed E-state index contributed by atoms with van der Waals surface area (Å²) in [7, 11) is -3.71. The van der Waals surface area contributed by atoms with Crippen molar-refractivity contribution < 1.29 is 13.2 Å². The highest BCUT2D eigenvalue weighted by Gasteiger charge is 2.16. The summed E-state index contributed by atoms with van der Waals surface area (Å²) >= 11 is 0. The second-order valence-corrected chi connectivity index (χ2v) is 9.94. The van der Waals surface area contributed by atoms with Crippen LogP contribution in [0.15, 0.2) is 108 Å². The van der Waals surface area contributed by atoms with E-state index in [2.05, 4.69) is 15.0 Å². The molecule has 7 nitrogen and oxygen atoms in total. The number of amides is 1. The summed E-state index contributed by atoms with van der Waals surface area (Å²) in [5, 5.41) is 3.63. The maximum absolute atomic E-state index is 13.3. The average Bonchev–Trinajstić information content (AvgIpc) is 2.89. The zero-order chi connectivity index (χ0) is 25.1. The molecule has 0 atom stereocenters. The highest BCUT2D eigenvalue weighted by molar-refractivity contribution is 7.92. The van der Waals surface area contributed by atoms with Crippen LogP contribution in [0.2, 0.25) is 0 Å². The number of pyridine rings is 2. The van der Waals surface area contributed by atoms with Crippen molar-refractivity contribution in [1.82, 2.24) is 9.97 Å². The van der Waals surface area contributed by atoms with E-state index in [0.717, 1.165) is 16.5 Å². The van der Waals surface area contributed by atoms with Gasteiger partial charge in [-0.15, -0.1) is 0 Å². The van der Waals surface area contributed by atoms with Gasteiger partial charge in [0.1, 0.15) is 0 Å². The fraction of sp³-hybridized carbons (Fsp3) is 0.0357. The van der Waals surface area contributed by atoms with Crippen molar-refractivity contribution in [2.45, 2.75) is 11.8 Å². The van der Waals surface area contributed by atoms with E-state index >= 15 is 0 Å². The average molecular weight is 495 g/mol. The van der Waals surface area contributed by atoms with Crippen LogP contribution in [0, 0.1) is 6.92 Å². The number of hydrogen-bond donors (Lipinski definition) is 2. The second-order valence-electron chi connectivity index (χ2n) is 8.26. The smallest absolute Gasteiger partial charge is 0.261 e. The Morgan fingerprint density at radius 3 is 2.19 bits per heavy atom. The summed E-state index contributed by atoms with van der Waals surface area (Å²) in [6.45, 7) is 1.89. The SMILES string of the molecule is Cc1ccc(S(=O)(=O)Nc2ccc(NC(=O)c3cc(-c4ccncc4)nc4ccccc34)cc2)cc1. The largest absolute Gasteiger partial charge is 0.322 e. The first-order chi connectivity index (χ1) is 17.4. The first kappa shape index (κ1) is 23.2. The van der Waals surface area contributed by atoms with E-state index in [-0.39, 0.29) is 10.8 Å². The molecule has 0 saturated carbocycles. The third-order valence-corrected chi connectivity index (χ3v) is 7.06. The summed E-state index contributed by atoms with van der Waals surface area (Å²) in [6.07, 6.45) is 3.36. The zero-order valence-corrected chi connectivity index (χ0v) is 20.2. The molecular weight excluding hydrogens is 472 g/mol. The molecule has 5 aromatic rings. The van der Waals surface area contributed by atoms with Crippen molar-refractivity contribution >= 4 is 38.2 Å². The lowest BCUT2D eigenvalue weighted by Crippen LogP contribution is -2.14. The lowest BCUT2D eigenvalue weighted by molar-refractivity contribution is 0.102. The molecule has 3 aromatic carbocycles. The number of nitrogens with one attached hydrogen (secondary N) is 2. The maximum Gasteiger partial charge on any atom is 0.261 e. The van der Waals surface area contributed by atoms with Gasteiger partial charge in [-0.1, -0.05) is 35.9 Å². The number of aromatic nitrogens is 2. The van der Waals surface area contributed by atoms with Crippen LogP contribution in [-0.4, -0.2) is 24.3 Å². The number of hydrogen-bond acceptors (Lipinski definition) is 5. The minimum absolute atomic E-state index is 0.181. The number of sulfonamides is 1. The second kappa shape index (κ2) is 9.59. The van der Waals surface area contributed by atoms with Gasteiger partial charge in [-0.25, -0.2) is 13.4 Å². The lowest BCUT2D eigenvalue weighted by Gasteiger charge is -2.12. The zero-order valence-electron chi connectivity index (χ0n) is 19.3. The molecule has 0 spiro atoms. The third-order valence-electron chi connectivity index (χ3n) is 5.66. The van der Waals surface area contributed by atoms with Gasteiger partial charge in [-0.2, -0.15) is 0 Å². The number of rotatable bonds is 6. The molecule has 5 rings (SSSR count). The monoisotopic (exact) mass is 494 g/mol. The van der Waals surface area contributed by atoms with Crippen LogP contribution in [0.25, 0.3) is 22.2 Å². The number of para-hydroxylation sites is 1. The van der Waals surface area contributed by atoms with Gasteiger partial charge >= 0.3 is 0 Å². The Hall–Kier alpha value is -4.56. The number of carbonyl (C=O) groups excluding carboxylic acids is 1. The van der Waals surface area contributed by atoms with Gasteiger partial charge in [-0.3, -0.25) is 14.5 Å². The molecule has 36 heavy (non-hydrogen) atoms. The van der Waals surface area contributed by atoms with Gasteiger partial charge < -0.3 is 5.32 Å². The fourth-order valence-corrected chi connectivity index (χ4v) is 4.84. The van der Waals surface area contributed by atoms with Crippen LogP contribution < -0.4 is 10.0 Å². The van der Waals surface area contributed by atoms with Crippen LogP contribution >= 0.6 is 0 Å². The first-order valence-electron chi connectivity index (χ1n) is 11.2. The Balaban J connectivity index is 1.38. The predicted octanol–water partition coefficient (Wildman–Crippen LogP) is 5.66. The molecule has 0 fully saturated rings. The number of aryl methyl sites for hydroxylation is 1. The highest BCUT2D eigenvalue weighted by atomic mass is 32.2. The molecule has 1 amide bonds. The van der Waals surface area contributed by atoms with Crippen molar-refractivity contribution in [1.29, 1.82) is 0 Å². The van der Waals surface area contributed by atoms with Gasteiger partial charge in [0.05, 0.1) is 21.7 Å². The summed E-state index contributed by atoms with van der Waals surface area (Å²) < 4.78 is 27.8. The lowest BCUT2D eigenvalue weighted by atomic mass is 10.0. The van der Waals surface area contributed by atoms with E-state index < -0.39 is 10.0 Å². The molecule has 178 valence electrons. The van der Waals surface area contributed by atoms with Crippen molar-refractivity contribution in [3.05, 3.63) is 115 Å². The topological polar surface area (TPSA) is 101 Å². The Kier molecular flexibility index (Phi) is 6.18. The van der Waals surface area contributed by atoms with E-state index in [9.17, 15) is 13.2 Å². The summed E-state index contributed by atoms with van der Waals surface area (Å²) in [4.78, 5) is 22.2. The molecule has 0 bridgehead atoms. The highest BCUT2D eigenvalue weighted by Crippen LogP contribution is 2.26. The Morgan fingerprint density at radius 2 is 1.47 bits per heavy atom. The van der Waals surface area contributed by atoms with E-state index in [0.29, 0.717) is 28.1 Å². The quantitative estimate of drug-likeness (QED) is 0.317. The van der Waals surface area contributed by atoms with Crippen molar-refractivity contribution in [2.75, 3.05) is 10.0 Å². The molecule has 0 saturated heterocycles. The van der Waals surface area contributed by atoms with E-state index in [4.69, 9.17) is 4.98 Å². The van der Waals surface area contributed by atoms with Crippen molar-refractivity contribution in [3.8, 4) is 11.3 Å². The van der Waals surface area contributed by atoms with Crippen molar-refractivity contribution in [3.63, 3.8) is 0 Å². The standard InChI is InChI=1S/C28H22N4O3S/c1-19-6-12-23(13-7-19)36(34,35)32-22-10-8-21(9-11-22)30-28(33)25-18-27(20-14-16-29-17-15-20)31-26-5-3-2-4-24(25)26/h2-18,32H,1H3,(H,30,33). The number of fused-ring (bicyclic) bond motifs is 1. The van der Waals surface area contributed by atoms with Crippen molar-refractivity contribution in [2.24, 2.45) is 0 Å². The first-order valence-corrected chi connectivity index (χ1v) is 12.7. The summed E-state index contributed by atoms with van der Waals surface area (Å²) in [6, 6.07) is 26.0.